The van der Waals surface area contributed by atoms with Crippen LogP contribution in [0, 0.1) is 6.92 Å². The van der Waals surface area contributed by atoms with Crippen molar-refractivity contribution >= 4 is 10.0 Å². The third kappa shape index (κ3) is 2.75. The van der Waals surface area contributed by atoms with Crippen LogP contribution in [0.1, 0.15) is 24.8 Å². The average Bonchev–Trinajstić information content (AvgIpc) is 2.34. The van der Waals surface area contributed by atoms with Crippen molar-refractivity contribution < 1.29 is 18.3 Å². The van der Waals surface area contributed by atoms with Crippen LogP contribution in [0.25, 0.3) is 0 Å². The highest BCUT2D eigenvalue weighted by Crippen LogP contribution is 2.33. The summed E-state index contributed by atoms with van der Waals surface area (Å²) in [7, 11) is -2.06. The number of ether oxygens (including phenoxy) is 1. The second-order valence-electron chi connectivity index (χ2n) is 5.03. The Morgan fingerprint density at radius 1 is 1.42 bits per heavy atom. The molecule has 2 rings (SSSR count). The van der Waals surface area contributed by atoms with E-state index < -0.39 is 15.6 Å². The minimum Gasteiger partial charge on any atom is -0.496 e. The fraction of sp³-hybridized carbons (Fsp3) is 0.538. The van der Waals surface area contributed by atoms with Gasteiger partial charge in [0.05, 0.1) is 24.2 Å². The maximum absolute atomic E-state index is 12.3. The average molecular weight is 285 g/mol. The molecule has 1 fully saturated rings. The van der Waals surface area contributed by atoms with E-state index in [1.807, 2.05) is 0 Å². The van der Waals surface area contributed by atoms with Gasteiger partial charge in [-0.05, 0) is 49.9 Å². The second kappa shape index (κ2) is 5.11. The van der Waals surface area contributed by atoms with E-state index in [4.69, 9.17) is 4.74 Å². The minimum absolute atomic E-state index is 0.165. The number of sulfonamides is 1. The first-order chi connectivity index (χ1) is 8.92. The highest BCUT2D eigenvalue weighted by atomic mass is 32.2. The van der Waals surface area contributed by atoms with Crippen LogP contribution in [0.3, 0.4) is 0 Å². The highest BCUT2D eigenvalue weighted by Gasteiger charge is 2.40. The summed E-state index contributed by atoms with van der Waals surface area (Å²) in [6.45, 7) is 1.63. The fourth-order valence-corrected chi connectivity index (χ4v) is 3.79. The van der Waals surface area contributed by atoms with Gasteiger partial charge < -0.3 is 9.84 Å². The molecular weight excluding hydrogens is 266 g/mol. The van der Waals surface area contributed by atoms with Gasteiger partial charge in [0.15, 0.2) is 0 Å². The molecule has 0 aliphatic heterocycles. The Hall–Kier alpha value is -1.11. The van der Waals surface area contributed by atoms with Crippen molar-refractivity contribution in [3.05, 3.63) is 23.8 Å². The van der Waals surface area contributed by atoms with Gasteiger partial charge in [-0.1, -0.05) is 0 Å². The van der Waals surface area contributed by atoms with Crippen molar-refractivity contribution in [2.45, 2.75) is 36.6 Å². The van der Waals surface area contributed by atoms with Crippen molar-refractivity contribution in [2.24, 2.45) is 0 Å². The monoisotopic (exact) mass is 285 g/mol. The lowest BCUT2D eigenvalue weighted by molar-refractivity contribution is 0.110. The van der Waals surface area contributed by atoms with E-state index in [1.54, 1.807) is 26.2 Å². The minimum atomic E-state index is -3.60. The summed E-state index contributed by atoms with van der Waals surface area (Å²) < 4.78 is 32.3. The first-order valence-electron chi connectivity index (χ1n) is 6.22. The van der Waals surface area contributed by atoms with E-state index in [0.29, 0.717) is 18.6 Å². The summed E-state index contributed by atoms with van der Waals surface area (Å²) in [6, 6.07) is 4.72. The van der Waals surface area contributed by atoms with Gasteiger partial charge in [0.1, 0.15) is 5.75 Å². The third-order valence-corrected chi connectivity index (χ3v) is 5.22. The number of aliphatic hydroxyl groups excluding tert-OH is 1. The molecule has 1 aromatic carbocycles. The Labute approximate surface area is 113 Å². The number of nitrogens with one attached hydrogen (secondary N) is 1. The van der Waals surface area contributed by atoms with Gasteiger partial charge >= 0.3 is 0 Å². The van der Waals surface area contributed by atoms with Crippen LogP contribution in [-0.2, 0) is 10.0 Å². The van der Waals surface area contributed by atoms with Gasteiger partial charge in [-0.3, -0.25) is 0 Å². The van der Waals surface area contributed by atoms with Crippen LogP contribution in [0.2, 0.25) is 0 Å². The van der Waals surface area contributed by atoms with Crippen molar-refractivity contribution in [2.75, 3.05) is 13.7 Å². The lowest BCUT2D eigenvalue weighted by Crippen LogP contribution is -2.55. The maximum atomic E-state index is 12.3. The van der Waals surface area contributed by atoms with Crippen molar-refractivity contribution in [1.82, 2.24) is 4.72 Å². The molecule has 1 aliphatic rings. The fourth-order valence-electron chi connectivity index (χ4n) is 2.26. The molecule has 0 unspecified atom stereocenters. The summed E-state index contributed by atoms with van der Waals surface area (Å²) >= 11 is 0. The molecule has 0 heterocycles. The van der Waals surface area contributed by atoms with E-state index in [0.717, 1.165) is 12.0 Å². The SMILES string of the molecule is COc1ccc(S(=O)(=O)NC2(CO)CCC2)cc1C. The van der Waals surface area contributed by atoms with Gasteiger partial charge in [-0.2, -0.15) is 0 Å². The molecule has 6 heteroatoms. The molecule has 5 nitrogen and oxygen atoms in total. The number of hydrogen-bond acceptors (Lipinski definition) is 4. The Bertz CT molecular complexity index is 558. The van der Waals surface area contributed by atoms with Crippen LogP contribution in [0.15, 0.2) is 23.1 Å². The van der Waals surface area contributed by atoms with Crippen LogP contribution < -0.4 is 9.46 Å². The Morgan fingerprint density at radius 3 is 2.53 bits per heavy atom. The normalized spacial score (nSPS) is 17.8. The van der Waals surface area contributed by atoms with Crippen LogP contribution >= 0.6 is 0 Å². The lowest BCUT2D eigenvalue weighted by Gasteiger charge is -2.40. The van der Waals surface area contributed by atoms with Crippen molar-refractivity contribution in [1.29, 1.82) is 0 Å². The van der Waals surface area contributed by atoms with E-state index in [9.17, 15) is 13.5 Å². The second-order valence-corrected chi connectivity index (χ2v) is 6.71. The Kier molecular flexibility index (Phi) is 3.85. The zero-order chi connectivity index (χ0) is 14.1. The lowest BCUT2D eigenvalue weighted by atomic mass is 9.78. The first kappa shape index (κ1) is 14.3. The predicted molar refractivity (Wildman–Crippen MR) is 71.7 cm³/mol. The summed E-state index contributed by atoms with van der Waals surface area (Å²) in [5, 5.41) is 9.34. The molecule has 0 radical (unpaired) electrons. The largest absolute Gasteiger partial charge is 0.496 e. The summed E-state index contributed by atoms with van der Waals surface area (Å²) in [5.74, 6) is 0.652. The molecule has 0 spiro atoms. The molecule has 19 heavy (non-hydrogen) atoms. The molecule has 1 aromatic rings. The zero-order valence-corrected chi connectivity index (χ0v) is 12.0. The number of rotatable bonds is 5. The molecule has 0 aromatic heterocycles. The van der Waals surface area contributed by atoms with E-state index in [2.05, 4.69) is 4.72 Å². The van der Waals surface area contributed by atoms with Gasteiger partial charge in [0.2, 0.25) is 10.0 Å². The molecule has 0 atom stereocenters. The standard InChI is InChI=1S/C13H19NO4S/c1-10-8-11(4-5-12(10)18-2)19(16,17)14-13(9-15)6-3-7-13/h4-5,8,14-15H,3,6-7,9H2,1-2H3. The van der Waals surface area contributed by atoms with E-state index in [1.165, 1.54) is 6.07 Å². The number of benzene rings is 1. The Balaban J connectivity index is 2.27. The molecule has 0 saturated heterocycles. The van der Waals surface area contributed by atoms with Crippen LogP contribution in [-0.4, -0.2) is 32.8 Å². The van der Waals surface area contributed by atoms with E-state index in [-0.39, 0.29) is 11.5 Å². The number of methoxy groups -OCH3 is 1. The maximum Gasteiger partial charge on any atom is 0.241 e. The quantitative estimate of drug-likeness (QED) is 0.852. The van der Waals surface area contributed by atoms with Gasteiger partial charge in [-0.25, -0.2) is 13.1 Å². The molecule has 1 saturated carbocycles. The van der Waals surface area contributed by atoms with Crippen LogP contribution in [0.5, 0.6) is 5.75 Å². The van der Waals surface area contributed by atoms with Gasteiger partial charge in [-0.15, -0.1) is 0 Å². The third-order valence-electron chi connectivity index (χ3n) is 3.64. The predicted octanol–water partition coefficient (Wildman–Crippen LogP) is 1.20. The summed E-state index contributed by atoms with van der Waals surface area (Å²) in [6.07, 6.45) is 2.29. The smallest absolute Gasteiger partial charge is 0.241 e. The molecule has 0 bridgehead atoms. The summed E-state index contributed by atoms with van der Waals surface area (Å²) in [5.41, 5.74) is 0.0872. The molecule has 1 aliphatic carbocycles. The summed E-state index contributed by atoms with van der Waals surface area (Å²) in [4.78, 5) is 0.200. The molecule has 0 amide bonds. The molecular formula is C13H19NO4S. The topological polar surface area (TPSA) is 75.6 Å². The van der Waals surface area contributed by atoms with Gasteiger partial charge in [0, 0.05) is 0 Å². The number of aryl methyl sites for hydroxylation is 1. The van der Waals surface area contributed by atoms with Crippen molar-refractivity contribution in [3.63, 3.8) is 0 Å². The zero-order valence-electron chi connectivity index (χ0n) is 11.1. The number of hydrogen-bond donors (Lipinski definition) is 2. The molecule has 106 valence electrons. The highest BCUT2D eigenvalue weighted by molar-refractivity contribution is 7.89. The van der Waals surface area contributed by atoms with Crippen molar-refractivity contribution in [3.8, 4) is 5.75 Å². The first-order valence-corrected chi connectivity index (χ1v) is 7.70. The van der Waals surface area contributed by atoms with E-state index >= 15 is 0 Å². The number of aliphatic hydroxyl groups is 1. The van der Waals surface area contributed by atoms with Crippen LogP contribution in [0.4, 0.5) is 0 Å². The van der Waals surface area contributed by atoms with Gasteiger partial charge in [0.25, 0.3) is 0 Å². The molecule has 2 N–H and O–H groups in total. The Morgan fingerprint density at radius 2 is 2.11 bits per heavy atom.